The minimum absolute atomic E-state index is 0.0367. The lowest BCUT2D eigenvalue weighted by Crippen LogP contribution is -2.41. The molecule has 92 valence electrons. The number of carboxylic acids is 1. The summed E-state index contributed by atoms with van der Waals surface area (Å²) in [4.78, 5) is 39.0. The molecule has 0 aliphatic carbocycles. The molecule has 0 aliphatic rings. The van der Waals surface area contributed by atoms with Crippen molar-refractivity contribution in [2.75, 3.05) is 5.75 Å². The first-order chi connectivity index (χ1) is 8.00. The molecule has 3 N–H and O–H groups in total. The van der Waals surface area contributed by atoms with Gasteiger partial charge in [-0.3, -0.25) is 9.59 Å². The molecule has 8 heteroatoms. The quantitative estimate of drug-likeness (QED) is 0.610. The van der Waals surface area contributed by atoms with Gasteiger partial charge in [-0.05, 0) is 0 Å². The molecule has 0 fully saturated rings. The molecule has 0 unspecified atom stereocenters. The molecule has 0 saturated heterocycles. The van der Waals surface area contributed by atoms with Gasteiger partial charge in [-0.2, -0.15) is 0 Å². The van der Waals surface area contributed by atoms with Gasteiger partial charge in [0.25, 0.3) is 5.56 Å². The summed E-state index contributed by atoms with van der Waals surface area (Å²) in [7, 11) is 0. The monoisotopic (exact) mass is 257 g/mol. The van der Waals surface area contributed by atoms with Crippen molar-refractivity contribution in [2.24, 2.45) is 0 Å². The van der Waals surface area contributed by atoms with Crippen LogP contribution in [0, 0.1) is 0 Å². The summed E-state index contributed by atoms with van der Waals surface area (Å²) < 4.78 is 0. The van der Waals surface area contributed by atoms with Crippen LogP contribution in [0.15, 0.2) is 22.2 Å². The van der Waals surface area contributed by atoms with Crippen LogP contribution in [0.3, 0.4) is 0 Å². The van der Waals surface area contributed by atoms with Crippen molar-refractivity contribution in [3.8, 4) is 0 Å². The van der Waals surface area contributed by atoms with Crippen molar-refractivity contribution in [3.05, 3.63) is 22.7 Å². The first-order valence-electron chi connectivity index (χ1n) is 4.67. The fraction of sp³-hybridized carbons (Fsp3) is 0.333. The Kier molecular flexibility index (Phi) is 4.70. The van der Waals surface area contributed by atoms with E-state index in [2.05, 4.69) is 15.3 Å². The Hall–Kier alpha value is -1.83. The summed E-state index contributed by atoms with van der Waals surface area (Å²) in [6.07, 6.45) is 2.78. The van der Waals surface area contributed by atoms with Gasteiger partial charge in [0.2, 0.25) is 5.91 Å². The smallest absolute Gasteiger partial charge is 0.327 e. The fourth-order valence-corrected chi connectivity index (χ4v) is 1.90. The van der Waals surface area contributed by atoms with Gasteiger partial charge in [-0.25, -0.2) is 9.78 Å². The van der Waals surface area contributed by atoms with E-state index >= 15 is 0 Å². The molecule has 0 aliphatic heterocycles. The van der Waals surface area contributed by atoms with Crippen LogP contribution in [0.5, 0.6) is 0 Å². The fourth-order valence-electron chi connectivity index (χ4n) is 1.02. The van der Waals surface area contributed by atoms with E-state index in [1.807, 2.05) is 0 Å². The topological polar surface area (TPSA) is 112 Å². The first-order valence-corrected chi connectivity index (χ1v) is 5.65. The standard InChI is InChI=1S/C9H11N3O4S/c1-5(13)12-6(9(15)16)4-17-8-7(14)10-2-3-11-8/h2-3,6H,4H2,1H3,(H,10,14)(H,12,13)(H,15,16)/t6-/m0/s1. The van der Waals surface area contributed by atoms with E-state index in [1.54, 1.807) is 0 Å². The number of thioether (sulfide) groups is 1. The Morgan fingerprint density at radius 3 is 2.88 bits per heavy atom. The molecular formula is C9H11N3O4S. The molecule has 1 amide bonds. The lowest BCUT2D eigenvalue weighted by atomic mass is 10.3. The van der Waals surface area contributed by atoms with Gasteiger partial charge in [0, 0.05) is 25.1 Å². The van der Waals surface area contributed by atoms with Gasteiger partial charge < -0.3 is 15.4 Å². The van der Waals surface area contributed by atoms with Crippen LogP contribution in [0.25, 0.3) is 0 Å². The maximum atomic E-state index is 11.3. The van der Waals surface area contributed by atoms with Crippen molar-refractivity contribution in [1.29, 1.82) is 0 Å². The first kappa shape index (κ1) is 13.2. The molecule has 7 nitrogen and oxygen atoms in total. The highest BCUT2D eigenvalue weighted by molar-refractivity contribution is 7.99. The molecule has 0 radical (unpaired) electrons. The van der Waals surface area contributed by atoms with E-state index in [9.17, 15) is 14.4 Å². The van der Waals surface area contributed by atoms with Gasteiger partial charge in [0.1, 0.15) is 6.04 Å². The molecule has 0 spiro atoms. The normalized spacial score (nSPS) is 11.8. The van der Waals surface area contributed by atoms with Crippen LogP contribution in [-0.4, -0.2) is 38.7 Å². The maximum absolute atomic E-state index is 11.3. The number of carbonyl (C=O) groups is 2. The Morgan fingerprint density at radius 2 is 2.35 bits per heavy atom. The summed E-state index contributed by atoms with van der Waals surface area (Å²) >= 11 is 0.975. The molecule has 0 bridgehead atoms. The number of carbonyl (C=O) groups excluding carboxylic acids is 1. The number of hydrogen-bond donors (Lipinski definition) is 3. The predicted octanol–water partition coefficient (Wildman–Crippen LogP) is -0.549. The van der Waals surface area contributed by atoms with Gasteiger partial charge in [0.05, 0.1) is 0 Å². The number of nitrogens with one attached hydrogen (secondary N) is 2. The number of nitrogens with zero attached hydrogens (tertiary/aromatic N) is 1. The molecule has 0 saturated carbocycles. The second kappa shape index (κ2) is 6.04. The lowest BCUT2D eigenvalue weighted by molar-refractivity contribution is -0.140. The van der Waals surface area contributed by atoms with Crippen molar-refractivity contribution in [1.82, 2.24) is 15.3 Å². The largest absolute Gasteiger partial charge is 0.480 e. The molecule has 1 atom stereocenters. The summed E-state index contributed by atoms with van der Waals surface area (Å²) in [6, 6.07) is -1.04. The van der Waals surface area contributed by atoms with Crippen LogP contribution in [0.4, 0.5) is 0 Å². The van der Waals surface area contributed by atoms with E-state index < -0.39 is 17.9 Å². The highest BCUT2D eigenvalue weighted by Gasteiger charge is 2.19. The highest BCUT2D eigenvalue weighted by Crippen LogP contribution is 2.10. The Balaban J connectivity index is 2.64. The number of amides is 1. The minimum Gasteiger partial charge on any atom is -0.480 e. The van der Waals surface area contributed by atoms with E-state index in [0.717, 1.165) is 11.8 Å². The van der Waals surface area contributed by atoms with Crippen molar-refractivity contribution in [3.63, 3.8) is 0 Å². The van der Waals surface area contributed by atoms with E-state index in [1.165, 1.54) is 19.3 Å². The second-order valence-corrected chi connectivity index (χ2v) is 4.13. The van der Waals surface area contributed by atoms with Crippen molar-refractivity contribution < 1.29 is 14.7 Å². The highest BCUT2D eigenvalue weighted by atomic mass is 32.2. The third-order valence-corrected chi connectivity index (χ3v) is 2.80. The number of hydrogen-bond acceptors (Lipinski definition) is 5. The van der Waals surface area contributed by atoms with Gasteiger partial charge in [-0.15, -0.1) is 0 Å². The molecule has 1 heterocycles. The summed E-state index contributed by atoms with van der Waals surface area (Å²) in [6.45, 7) is 1.23. The number of carboxylic acid groups (broad SMARTS) is 1. The molecule has 17 heavy (non-hydrogen) atoms. The summed E-state index contributed by atoms with van der Waals surface area (Å²) in [5.74, 6) is -1.55. The number of H-pyrrole nitrogens is 1. The predicted molar refractivity (Wildman–Crippen MR) is 60.8 cm³/mol. The van der Waals surface area contributed by atoms with Gasteiger partial charge in [0.15, 0.2) is 5.03 Å². The third-order valence-electron chi connectivity index (χ3n) is 1.74. The average Bonchev–Trinajstić information content (AvgIpc) is 2.25. The maximum Gasteiger partial charge on any atom is 0.327 e. The molecule has 1 rings (SSSR count). The average molecular weight is 257 g/mol. The third kappa shape index (κ3) is 4.27. The summed E-state index contributed by atoms with van der Waals surface area (Å²) in [5, 5.41) is 11.3. The zero-order chi connectivity index (χ0) is 12.8. The lowest BCUT2D eigenvalue weighted by Gasteiger charge is -2.11. The molecular weight excluding hydrogens is 246 g/mol. The van der Waals surface area contributed by atoms with Crippen LogP contribution >= 0.6 is 11.8 Å². The zero-order valence-electron chi connectivity index (χ0n) is 8.97. The molecule has 1 aromatic rings. The van der Waals surface area contributed by atoms with Crippen molar-refractivity contribution in [2.45, 2.75) is 18.0 Å². The SMILES string of the molecule is CC(=O)N[C@@H](CSc1ncc[nH]c1=O)C(=O)O. The summed E-state index contributed by atoms with van der Waals surface area (Å²) in [5.41, 5.74) is -0.385. The second-order valence-electron chi connectivity index (χ2n) is 3.13. The Bertz CT molecular complexity index is 473. The van der Waals surface area contributed by atoms with Crippen LogP contribution < -0.4 is 10.9 Å². The Labute approximate surface area is 101 Å². The van der Waals surface area contributed by atoms with Gasteiger partial charge >= 0.3 is 5.97 Å². The van der Waals surface area contributed by atoms with E-state index in [-0.39, 0.29) is 16.3 Å². The van der Waals surface area contributed by atoms with E-state index in [0.29, 0.717) is 0 Å². The number of aliphatic carboxylic acids is 1. The van der Waals surface area contributed by atoms with Crippen LogP contribution in [0.1, 0.15) is 6.92 Å². The number of aromatic nitrogens is 2. The number of rotatable bonds is 5. The minimum atomic E-state index is -1.15. The van der Waals surface area contributed by atoms with Crippen LogP contribution in [-0.2, 0) is 9.59 Å². The van der Waals surface area contributed by atoms with Crippen LogP contribution in [0.2, 0.25) is 0 Å². The molecule has 1 aromatic heterocycles. The van der Waals surface area contributed by atoms with Crippen molar-refractivity contribution >= 4 is 23.6 Å². The zero-order valence-corrected chi connectivity index (χ0v) is 9.78. The van der Waals surface area contributed by atoms with E-state index in [4.69, 9.17) is 5.11 Å². The number of aromatic amines is 1. The van der Waals surface area contributed by atoms with Gasteiger partial charge in [-0.1, -0.05) is 11.8 Å². The Morgan fingerprint density at radius 1 is 1.65 bits per heavy atom. The molecule has 0 aromatic carbocycles.